The van der Waals surface area contributed by atoms with E-state index in [-0.39, 0.29) is 17.6 Å². The normalized spacial score (nSPS) is 20.0. The molecule has 1 unspecified atom stereocenters. The number of hydrogen-bond donors (Lipinski definition) is 1. The monoisotopic (exact) mass is 233 g/mol. The Labute approximate surface area is 104 Å². The molecule has 0 saturated heterocycles. The van der Waals surface area contributed by atoms with Gasteiger partial charge in [-0.2, -0.15) is 0 Å². The van der Waals surface area contributed by atoms with Gasteiger partial charge in [-0.15, -0.1) is 0 Å². The van der Waals surface area contributed by atoms with E-state index in [4.69, 9.17) is 10.5 Å². The van der Waals surface area contributed by atoms with Crippen LogP contribution in [0.3, 0.4) is 0 Å². The third-order valence-corrected chi connectivity index (χ3v) is 3.91. The minimum atomic E-state index is 0.112. The quantitative estimate of drug-likeness (QED) is 0.848. The lowest BCUT2D eigenvalue weighted by molar-refractivity contribution is 0.0355. The van der Waals surface area contributed by atoms with Crippen LogP contribution in [0.5, 0.6) is 0 Å². The predicted octanol–water partition coefficient (Wildman–Crippen LogP) is 2.86. The van der Waals surface area contributed by atoms with E-state index >= 15 is 0 Å². The van der Waals surface area contributed by atoms with Gasteiger partial charge >= 0.3 is 0 Å². The van der Waals surface area contributed by atoms with Crippen molar-refractivity contribution in [3.8, 4) is 0 Å². The molecule has 1 saturated carbocycles. The van der Waals surface area contributed by atoms with Crippen LogP contribution in [0.4, 0.5) is 0 Å². The topological polar surface area (TPSA) is 35.2 Å². The van der Waals surface area contributed by atoms with Gasteiger partial charge in [-0.05, 0) is 32.3 Å². The van der Waals surface area contributed by atoms with Crippen molar-refractivity contribution >= 4 is 0 Å². The highest BCUT2D eigenvalue weighted by atomic mass is 16.5. The van der Waals surface area contributed by atoms with Crippen LogP contribution in [0.2, 0.25) is 0 Å². The average Bonchev–Trinajstić information content (AvgIpc) is 2.26. The Bertz CT molecular complexity index is 343. The van der Waals surface area contributed by atoms with Crippen LogP contribution in [-0.4, -0.2) is 18.8 Å². The molecule has 0 heterocycles. The molecule has 0 radical (unpaired) electrons. The smallest absolute Gasteiger partial charge is 0.0629 e. The maximum atomic E-state index is 6.37. The van der Waals surface area contributed by atoms with Gasteiger partial charge in [-0.1, -0.05) is 36.8 Å². The molecule has 1 aromatic carbocycles. The highest BCUT2D eigenvalue weighted by Gasteiger charge is 2.43. The van der Waals surface area contributed by atoms with Gasteiger partial charge in [0.2, 0.25) is 0 Å². The van der Waals surface area contributed by atoms with Crippen molar-refractivity contribution < 1.29 is 4.74 Å². The molecule has 1 aliphatic rings. The van der Waals surface area contributed by atoms with Gasteiger partial charge in [0.15, 0.2) is 0 Å². The van der Waals surface area contributed by atoms with Crippen LogP contribution in [0, 0.1) is 0 Å². The molecule has 1 aromatic rings. The Kier molecular flexibility index (Phi) is 3.85. The van der Waals surface area contributed by atoms with Gasteiger partial charge < -0.3 is 10.5 Å². The Morgan fingerprint density at radius 3 is 2.35 bits per heavy atom. The molecule has 2 nitrogen and oxygen atoms in total. The maximum Gasteiger partial charge on any atom is 0.0629 e. The molecule has 0 spiro atoms. The number of rotatable bonds is 5. The second-order valence-corrected chi connectivity index (χ2v) is 5.36. The number of hydrogen-bond acceptors (Lipinski definition) is 2. The molecule has 2 heteroatoms. The lowest BCUT2D eigenvalue weighted by atomic mass is 9.60. The molecular weight excluding hydrogens is 210 g/mol. The molecule has 0 bridgehead atoms. The van der Waals surface area contributed by atoms with Crippen molar-refractivity contribution in [3.63, 3.8) is 0 Å². The summed E-state index contributed by atoms with van der Waals surface area (Å²) >= 11 is 0. The molecule has 1 atom stereocenters. The fraction of sp³-hybridized carbons (Fsp3) is 0.600. The molecule has 1 fully saturated rings. The highest BCUT2D eigenvalue weighted by molar-refractivity contribution is 5.30. The Balaban J connectivity index is 2.09. The first kappa shape index (κ1) is 12.6. The first-order valence-corrected chi connectivity index (χ1v) is 6.58. The second kappa shape index (κ2) is 5.19. The van der Waals surface area contributed by atoms with Gasteiger partial charge in [-0.3, -0.25) is 0 Å². The number of benzene rings is 1. The fourth-order valence-electron chi connectivity index (χ4n) is 2.66. The van der Waals surface area contributed by atoms with Crippen molar-refractivity contribution in [2.75, 3.05) is 6.61 Å². The van der Waals surface area contributed by atoms with Crippen molar-refractivity contribution in [1.82, 2.24) is 0 Å². The van der Waals surface area contributed by atoms with Gasteiger partial charge in [0.05, 0.1) is 12.7 Å². The Hall–Kier alpha value is -0.860. The highest BCUT2D eigenvalue weighted by Crippen LogP contribution is 2.45. The number of ether oxygens (including phenoxy) is 1. The summed E-state index contributed by atoms with van der Waals surface area (Å²) in [6.07, 6.45) is 3.93. The van der Waals surface area contributed by atoms with E-state index in [2.05, 4.69) is 44.2 Å². The van der Waals surface area contributed by atoms with E-state index in [1.54, 1.807) is 0 Å². The van der Waals surface area contributed by atoms with Crippen LogP contribution in [0.25, 0.3) is 0 Å². The van der Waals surface area contributed by atoms with E-state index in [1.807, 2.05) is 0 Å². The summed E-state index contributed by atoms with van der Waals surface area (Å²) in [6.45, 7) is 4.78. The fourth-order valence-corrected chi connectivity index (χ4v) is 2.66. The van der Waals surface area contributed by atoms with Gasteiger partial charge in [0, 0.05) is 11.5 Å². The maximum absolute atomic E-state index is 6.37. The summed E-state index contributed by atoms with van der Waals surface area (Å²) in [7, 11) is 0. The molecule has 94 valence electrons. The van der Waals surface area contributed by atoms with Crippen LogP contribution >= 0.6 is 0 Å². The third kappa shape index (κ3) is 2.53. The summed E-state index contributed by atoms with van der Waals surface area (Å²) in [5, 5.41) is 0. The zero-order chi connectivity index (χ0) is 12.3. The zero-order valence-electron chi connectivity index (χ0n) is 10.9. The first-order valence-electron chi connectivity index (χ1n) is 6.58. The molecule has 0 amide bonds. The Morgan fingerprint density at radius 2 is 1.88 bits per heavy atom. The minimum Gasteiger partial charge on any atom is -0.377 e. The van der Waals surface area contributed by atoms with E-state index < -0.39 is 0 Å². The van der Waals surface area contributed by atoms with Crippen molar-refractivity contribution in [1.29, 1.82) is 0 Å². The van der Waals surface area contributed by atoms with Crippen molar-refractivity contribution in [2.24, 2.45) is 5.73 Å². The van der Waals surface area contributed by atoms with Crippen LogP contribution < -0.4 is 5.73 Å². The van der Waals surface area contributed by atoms with E-state index in [0.717, 1.165) is 0 Å². The Morgan fingerprint density at radius 1 is 1.24 bits per heavy atom. The molecule has 2 N–H and O–H groups in total. The van der Waals surface area contributed by atoms with Crippen LogP contribution in [0.1, 0.15) is 38.7 Å². The lowest BCUT2D eigenvalue weighted by Crippen LogP contribution is -2.53. The molecular formula is C15H23NO. The summed E-state index contributed by atoms with van der Waals surface area (Å²) in [5.41, 5.74) is 7.91. The minimum absolute atomic E-state index is 0.112. The zero-order valence-corrected chi connectivity index (χ0v) is 10.9. The first-order chi connectivity index (χ1) is 8.15. The largest absolute Gasteiger partial charge is 0.377 e. The van der Waals surface area contributed by atoms with Gasteiger partial charge in [0.1, 0.15) is 0 Å². The number of nitrogens with two attached hydrogens (primary N) is 1. The van der Waals surface area contributed by atoms with Crippen molar-refractivity contribution in [2.45, 2.75) is 50.7 Å². The summed E-state index contributed by atoms with van der Waals surface area (Å²) in [4.78, 5) is 0. The second-order valence-electron chi connectivity index (χ2n) is 5.36. The third-order valence-electron chi connectivity index (χ3n) is 3.91. The standard InChI is InChI=1S/C15H23NO/c1-12(2)17-11-14(16)15(9-6-10-15)13-7-4-3-5-8-13/h3-5,7-8,12,14H,6,9-11,16H2,1-2H3. The molecule has 17 heavy (non-hydrogen) atoms. The van der Waals surface area contributed by atoms with Crippen LogP contribution in [0.15, 0.2) is 30.3 Å². The summed E-state index contributed by atoms with van der Waals surface area (Å²) < 4.78 is 5.68. The summed E-state index contributed by atoms with van der Waals surface area (Å²) in [5.74, 6) is 0. The van der Waals surface area contributed by atoms with Crippen molar-refractivity contribution in [3.05, 3.63) is 35.9 Å². The van der Waals surface area contributed by atoms with Crippen LogP contribution in [-0.2, 0) is 10.2 Å². The average molecular weight is 233 g/mol. The molecule has 0 aliphatic heterocycles. The summed E-state index contributed by atoms with van der Waals surface area (Å²) in [6, 6.07) is 10.8. The van der Waals surface area contributed by atoms with Gasteiger partial charge in [-0.25, -0.2) is 0 Å². The van der Waals surface area contributed by atoms with E-state index in [9.17, 15) is 0 Å². The predicted molar refractivity (Wildman–Crippen MR) is 71.0 cm³/mol. The van der Waals surface area contributed by atoms with E-state index in [0.29, 0.717) is 6.61 Å². The SMILES string of the molecule is CC(C)OCC(N)C1(c2ccccc2)CCC1. The van der Waals surface area contributed by atoms with Gasteiger partial charge in [0.25, 0.3) is 0 Å². The van der Waals surface area contributed by atoms with E-state index in [1.165, 1.54) is 24.8 Å². The molecule has 0 aromatic heterocycles. The molecule has 2 rings (SSSR count). The lowest BCUT2D eigenvalue weighted by Gasteiger charge is -2.47. The molecule has 1 aliphatic carbocycles.